The molecule has 2 N–H and O–H groups in total. The second-order valence-corrected chi connectivity index (χ2v) is 9.00. The number of rotatable bonds is 7. The Morgan fingerprint density at radius 3 is 2.17 bits per heavy atom. The van der Waals surface area contributed by atoms with Gasteiger partial charge in [0.15, 0.2) is 0 Å². The first-order chi connectivity index (χ1) is 17.1. The molecule has 180 valence electrons. The molecule has 1 fully saturated rings. The lowest BCUT2D eigenvalue weighted by Gasteiger charge is -2.26. The van der Waals surface area contributed by atoms with Crippen LogP contribution in [0.15, 0.2) is 60.9 Å². The third-order valence-electron chi connectivity index (χ3n) is 6.70. The monoisotopic (exact) mass is 472 g/mol. The molecule has 1 aliphatic heterocycles. The number of alkyl carbamates (subject to hydrolysis) is 1. The molecular weight excluding hydrogens is 444 g/mol. The van der Waals surface area contributed by atoms with E-state index in [9.17, 15) is 14.7 Å². The summed E-state index contributed by atoms with van der Waals surface area (Å²) in [4.78, 5) is 35.3. The number of carbonyl (C=O) groups is 2. The summed E-state index contributed by atoms with van der Waals surface area (Å²) < 4.78 is 5.51. The highest BCUT2D eigenvalue weighted by atomic mass is 16.5. The molecule has 1 unspecified atom stereocenters. The SMILES string of the molecule is O=C(NC(Cc1cnc(N2CCCCC2)nc1)C(=O)O)OCC1c2ccccc2-c2ccccc21. The van der Waals surface area contributed by atoms with Gasteiger partial charge in [0.05, 0.1) is 0 Å². The van der Waals surface area contributed by atoms with Crippen molar-refractivity contribution in [2.75, 3.05) is 24.6 Å². The van der Waals surface area contributed by atoms with Crippen molar-refractivity contribution in [3.05, 3.63) is 77.6 Å². The van der Waals surface area contributed by atoms with E-state index in [-0.39, 0.29) is 18.9 Å². The van der Waals surface area contributed by atoms with Crippen LogP contribution in [0.3, 0.4) is 0 Å². The van der Waals surface area contributed by atoms with Gasteiger partial charge in [0.25, 0.3) is 0 Å². The van der Waals surface area contributed by atoms with Crippen LogP contribution in [-0.2, 0) is 16.0 Å². The van der Waals surface area contributed by atoms with Gasteiger partial charge in [0.1, 0.15) is 12.6 Å². The number of nitrogens with one attached hydrogen (secondary N) is 1. The number of carboxylic acid groups (broad SMARTS) is 1. The van der Waals surface area contributed by atoms with Gasteiger partial charge < -0.3 is 20.1 Å². The standard InChI is InChI=1S/C27H28N4O4/c32-25(33)24(14-18-15-28-26(29-16-18)31-12-6-1-7-13-31)30-27(34)35-17-23-21-10-4-2-8-19(21)20-9-3-5-11-22(20)23/h2-5,8-11,15-16,23-24H,1,6-7,12-14,17H2,(H,30,34)(H,32,33). The molecule has 8 heteroatoms. The van der Waals surface area contributed by atoms with Crippen molar-refractivity contribution in [2.45, 2.75) is 37.6 Å². The molecular formula is C27H28N4O4. The Balaban J connectivity index is 1.20. The van der Waals surface area contributed by atoms with E-state index in [1.54, 1.807) is 12.4 Å². The van der Waals surface area contributed by atoms with Crippen molar-refractivity contribution in [1.29, 1.82) is 0 Å². The fourth-order valence-electron chi connectivity index (χ4n) is 4.93. The zero-order valence-corrected chi connectivity index (χ0v) is 19.4. The Kier molecular flexibility index (Phi) is 6.61. The summed E-state index contributed by atoms with van der Waals surface area (Å²) in [7, 11) is 0. The Morgan fingerprint density at radius 2 is 1.57 bits per heavy atom. The fourth-order valence-corrected chi connectivity index (χ4v) is 4.93. The number of aliphatic carboxylic acids is 1. The molecule has 2 aliphatic rings. The Labute approximate surface area is 204 Å². The first kappa shape index (κ1) is 22.8. The normalized spacial score (nSPS) is 15.7. The van der Waals surface area contributed by atoms with Crippen molar-refractivity contribution < 1.29 is 19.4 Å². The third-order valence-corrected chi connectivity index (χ3v) is 6.70. The molecule has 1 amide bonds. The van der Waals surface area contributed by atoms with Gasteiger partial charge in [-0.3, -0.25) is 0 Å². The van der Waals surface area contributed by atoms with Gasteiger partial charge in [-0.1, -0.05) is 48.5 Å². The van der Waals surface area contributed by atoms with Crippen LogP contribution >= 0.6 is 0 Å². The molecule has 0 spiro atoms. The smallest absolute Gasteiger partial charge is 0.407 e. The van der Waals surface area contributed by atoms with Crippen LogP contribution < -0.4 is 10.2 Å². The number of carbonyl (C=O) groups excluding carboxylic acids is 1. The maximum absolute atomic E-state index is 12.6. The van der Waals surface area contributed by atoms with Crippen LogP contribution in [0.5, 0.6) is 0 Å². The maximum atomic E-state index is 12.6. The molecule has 8 nitrogen and oxygen atoms in total. The van der Waals surface area contributed by atoms with E-state index in [0.717, 1.165) is 48.2 Å². The fraction of sp³-hybridized carbons (Fsp3) is 0.333. The lowest BCUT2D eigenvalue weighted by Crippen LogP contribution is -2.43. The maximum Gasteiger partial charge on any atom is 0.407 e. The molecule has 3 aromatic rings. The zero-order valence-electron chi connectivity index (χ0n) is 19.4. The van der Waals surface area contributed by atoms with Gasteiger partial charge in [0, 0.05) is 37.8 Å². The average Bonchev–Trinajstić information content (AvgIpc) is 3.21. The Hall–Kier alpha value is -3.94. The minimum Gasteiger partial charge on any atom is -0.480 e. The molecule has 2 heterocycles. The molecule has 1 aromatic heterocycles. The van der Waals surface area contributed by atoms with Crippen molar-refractivity contribution in [3.63, 3.8) is 0 Å². The lowest BCUT2D eigenvalue weighted by atomic mass is 9.98. The van der Waals surface area contributed by atoms with E-state index in [4.69, 9.17) is 4.74 Å². The number of hydrogen-bond acceptors (Lipinski definition) is 6. The van der Waals surface area contributed by atoms with Crippen molar-refractivity contribution >= 4 is 18.0 Å². The lowest BCUT2D eigenvalue weighted by molar-refractivity contribution is -0.139. The summed E-state index contributed by atoms with van der Waals surface area (Å²) in [6.07, 6.45) is 6.03. The molecule has 5 rings (SSSR count). The number of nitrogens with zero attached hydrogens (tertiary/aromatic N) is 3. The van der Waals surface area contributed by atoms with Crippen LogP contribution in [0.4, 0.5) is 10.7 Å². The number of carboxylic acids is 1. The quantitative estimate of drug-likeness (QED) is 0.535. The van der Waals surface area contributed by atoms with E-state index >= 15 is 0 Å². The molecule has 35 heavy (non-hydrogen) atoms. The summed E-state index contributed by atoms with van der Waals surface area (Å²) in [6.45, 7) is 1.99. The number of amides is 1. The predicted octanol–water partition coefficient (Wildman–Crippen LogP) is 4.00. The van der Waals surface area contributed by atoms with Crippen LogP contribution in [-0.4, -0.2) is 52.9 Å². The van der Waals surface area contributed by atoms with Crippen LogP contribution in [0.2, 0.25) is 0 Å². The first-order valence-corrected chi connectivity index (χ1v) is 12.0. The van der Waals surface area contributed by atoms with Gasteiger partial charge in [-0.05, 0) is 47.1 Å². The predicted molar refractivity (Wildman–Crippen MR) is 131 cm³/mol. The van der Waals surface area contributed by atoms with Crippen LogP contribution in [0.1, 0.15) is 41.9 Å². The number of aromatic nitrogens is 2. The topological polar surface area (TPSA) is 105 Å². The summed E-state index contributed by atoms with van der Waals surface area (Å²) >= 11 is 0. The van der Waals surface area contributed by atoms with Crippen molar-refractivity contribution in [2.24, 2.45) is 0 Å². The van der Waals surface area contributed by atoms with E-state index in [1.807, 2.05) is 36.4 Å². The van der Waals surface area contributed by atoms with E-state index in [0.29, 0.717) is 11.5 Å². The third kappa shape index (κ3) is 4.96. The van der Waals surface area contributed by atoms with Crippen molar-refractivity contribution in [1.82, 2.24) is 15.3 Å². The Morgan fingerprint density at radius 1 is 0.971 bits per heavy atom. The number of hydrogen-bond donors (Lipinski definition) is 2. The first-order valence-electron chi connectivity index (χ1n) is 12.0. The number of piperidine rings is 1. The van der Waals surface area contributed by atoms with Crippen LogP contribution in [0.25, 0.3) is 11.1 Å². The second kappa shape index (κ2) is 10.1. The largest absolute Gasteiger partial charge is 0.480 e. The number of ether oxygens (including phenoxy) is 1. The highest BCUT2D eigenvalue weighted by Gasteiger charge is 2.30. The molecule has 1 saturated heterocycles. The van der Waals surface area contributed by atoms with Crippen LogP contribution in [0, 0.1) is 0 Å². The summed E-state index contributed by atoms with van der Waals surface area (Å²) in [5, 5.41) is 12.2. The number of anilines is 1. The van der Waals surface area contributed by atoms with Gasteiger partial charge in [-0.2, -0.15) is 0 Å². The van der Waals surface area contributed by atoms with Gasteiger partial charge in [-0.25, -0.2) is 19.6 Å². The highest BCUT2D eigenvalue weighted by Crippen LogP contribution is 2.44. The second-order valence-electron chi connectivity index (χ2n) is 9.00. The molecule has 0 saturated carbocycles. The minimum absolute atomic E-state index is 0.0693. The Bertz CT molecular complexity index is 1160. The number of fused-ring (bicyclic) bond motifs is 3. The van der Waals surface area contributed by atoms with E-state index in [1.165, 1.54) is 6.42 Å². The minimum atomic E-state index is -1.14. The average molecular weight is 473 g/mol. The van der Waals surface area contributed by atoms with Gasteiger partial charge in [-0.15, -0.1) is 0 Å². The molecule has 0 bridgehead atoms. The van der Waals surface area contributed by atoms with E-state index in [2.05, 4.69) is 32.3 Å². The molecule has 2 aromatic carbocycles. The van der Waals surface area contributed by atoms with Gasteiger partial charge in [0.2, 0.25) is 5.95 Å². The summed E-state index contributed by atoms with van der Waals surface area (Å²) in [5.41, 5.74) is 5.10. The summed E-state index contributed by atoms with van der Waals surface area (Å²) in [6, 6.07) is 15.0. The van der Waals surface area contributed by atoms with Crippen molar-refractivity contribution in [3.8, 4) is 11.1 Å². The zero-order chi connectivity index (χ0) is 24.2. The molecule has 0 radical (unpaired) electrons. The van der Waals surface area contributed by atoms with E-state index < -0.39 is 18.1 Å². The summed E-state index contributed by atoms with van der Waals surface area (Å²) in [5.74, 6) is -0.574. The van der Waals surface area contributed by atoms with Gasteiger partial charge >= 0.3 is 12.1 Å². The number of benzene rings is 2. The highest BCUT2D eigenvalue weighted by molar-refractivity contribution is 5.81. The molecule has 1 aliphatic carbocycles. The molecule has 1 atom stereocenters.